The Labute approximate surface area is 288 Å². The monoisotopic (exact) mass is 644 g/mol. The van der Waals surface area contributed by atoms with Crippen molar-refractivity contribution < 1.29 is 42.1 Å². The van der Waals surface area contributed by atoms with Gasteiger partial charge in [-0.25, -0.2) is 0 Å². The van der Waals surface area contributed by atoms with Crippen LogP contribution in [0, 0.1) is 0 Å². The minimum Gasteiger partial charge on any atom is -0.872 e. The van der Waals surface area contributed by atoms with Crippen LogP contribution in [0.3, 0.4) is 0 Å². The van der Waals surface area contributed by atoms with Gasteiger partial charge in [0.1, 0.15) is 0 Å². The zero-order valence-corrected chi connectivity index (χ0v) is 30.9. The maximum atomic E-state index is 10.7. The van der Waals surface area contributed by atoms with Gasteiger partial charge >= 0.3 is 21.7 Å². The van der Waals surface area contributed by atoms with Crippen molar-refractivity contribution in [3.8, 4) is 23.0 Å². The predicted molar refractivity (Wildman–Crippen MR) is 178 cm³/mol. The first-order valence-corrected chi connectivity index (χ1v) is 15.1. The van der Waals surface area contributed by atoms with Gasteiger partial charge in [-0.1, -0.05) is 180 Å². The Hall–Kier alpha value is -3.21. The first kappa shape index (κ1) is 41.8. The van der Waals surface area contributed by atoms with E-state index < -0.39 is 0 Å². The van der Waals surface area contributed by atoms with Crippen molar-refractivity contribution in [1.29, 1.82) is 0 Å². The molecule has 4 aromatic rings. The zero-order chi connectivity index (χ0) is 33.9. The van der Waals surface area contributed by atoms with E-state index in [1.165, 1.54) is 22.3 Å². The van der Waals surface area contributed by atoms with Crippen LogP contribution in [0.1, 0.15) is 105 Å². The molecule has 240 valence electrons. The maximum Gasteiger partial charge on any atom is 4.00 e. The van der Waals surface area contributed by atoms with Crippen LogP contribution in [0.15, 0.2) is 97.1 Å². The summed E-state index contributed by atoms with van der Waals surface area (Å²) in [6.07, 6.45) is 0. The van der Waals surface area contributed by atoms with Crippen LogP contribution in [-0.4, -0.2) is 0 Å². The van der Waals surface area contributed by atoms with Crippen LogP contribution < -0.4 is 20.4 Å². The van der Waals surface area contributed by atoms with Crippen molar-refractivity contribution in [1.82, 2.24) is 0 Å². The Morgan fingerprint density at radius 3 is 0.467 bits per heavy atom. The summed E-state index contributed by atoms with van der Waals surface area (Å²) in [6, 6.07) is 28.0. The molecule has 4 rings (SSSR count). The summed E-state index contributed by atoms with van der Waals surface area (Å²) in [7, 11) is 0. The summed E-state index contributed by atoms with van der Waals surface area (Å²) in [5.74, 6) is 0.326. The summed E-state index contributed by atoms with van der Waals surface area (Å²) < 4.78 is 0. The van der Waals surface area contributed by atoms with E-state index in [9.17, 15) is 20.4 Å². The third-order valence-corrected chi connectivity index (χ3v) is 6.88. The smallest absolute Gasteiger partial charge is 0.872 e. The van der Waals surface area contributed by atoms with Crippen molar-refractivity contribution in [2.45, 2.75) is 105 Å². The molecule has 0 aromatic heterocycles. The molecule has 0 unspecified atom stereocenters. The average molecular weight is 645 g/mol. The summed E-state index contributed by atoms with van der Waals surface area (Å²) in [4.78, 5) is 0. The summed E-state index contributed by atoms with van der Waals surface area (Å²) in [5.41, 5.74) is 5.41. The first-order chi connectivity index (χ1) is 20.0. The molecule has 0 saturated carbocycles. The Balaban J connectivity index is 0.000000569. The molecule has 5 heteroatoms. The Bertz CT molecular complexity index is 1140. The van der Waals surface area contributed by atoms with E-state index in [0.717, 1.165) is 0 Å². The first-order valence-electron chi connectivity index (χ1n) is 15.1. The zero-order valence-electron chi connectivity index (χ0n) is 29.4. The molecule has 0 atom stereocenters. The largest absolute Gasteiger partial charge is 4.00 e. The molecule has 0 radical (unpaired) electrons. The second-order valence-corrected chi connectivity index (χ2v) is 15.1. The van der Waals surface area contributed by atoms with Crippen LogP contribution in [0.4, 0.5) is 0 Å². The molecule has 0 N–H and O–H groups in total. The van der Waals surface area contributed by atoms with Crippen LogP contribution in [0.25, 0.3) is 0 Å². The summed E-state index contributed by atoms with van der Waals surface area (Å²) >= 11 is 0. The predicted octanol–water partition coefficient (Wildman–Crippen LogP) is 8.23. The Morgan fingerprint density at radius 2 is 0.378 bits per heavy atom. The molecule has 0 fully saturated rings. The van der Waals surface area contributed by atoms with E-state index in [1.54, 1.807) is 48.5 Å². The average Bonchev–Trinajstić information content (AvgIpc) is 2.89. The molecular weight excluding hydrogens is 592 g/mol. The van der Waals surface area contributed by atoms with Gasteiger partial charge in [0, 0.05) is 0 Å². The minimum atomic E-state index is 0. The van der Waals surface area contributed by atoms with E-state index in [1.807, 2.05) is 48.5 Å². The molecule has 0 spiro atoms. The topological polar surface area (TPSA) is 92.2 Å². The summed E-state index contributed by atoms with van der Waals surface area (Å²) in [5, 5.41) is 43.0. The molecule has 0 saturated heterocycles. The molecule has 4 nitrogen and oxygen atoms in total. The SMILES string of the molecule is CC(C)(C)c1ccc([O-])cc1.CC(C)(C)c1ccc([O-])cc1.CC(C)(C)c1ccc([O-])cc1.CC(C)(C)c1ccc([O-])cc1.[Ti+4]. The molecule has 0 bridgehead atoms. The van der Waals surface area contributed by atoms with Gasteiger partial charge in [-0.15, -0.1) is 23.0 Å². The molecule has 4 aromatic carbocycles. The second kappa shape index (κ2) is 17.5. The normalized spacial score (nSPS) is 11.3. The fourth-order valence-corrected chi connectivity index (χ4v) is 3.82. The van der Waals surface area contributed by atoms with Gasteiger partial charge in [0.15, 0.2) is 0 Å². The van der Waals surface area contributed by atoms with E-state index in [-0.39, 0.29) is 66.4 Å². The molecule has 0 heterocycles. The number of benzene rings is 4. The molecular formula is C40H52O4Ti. The van der Waals surface area contributed by atoms with Gasteiger partial charge in [0.05, 0.1) is 0 Å². The van der Waals surface area contributed by atoms with E-state index in [0.29, 0.717) is 0 Å². The third kappa shape index (κ3) is 16.6. The van der Waals surface area contributed by atoms with Gasteiger partial charge in [-0.3, -0.25) is 0 Å². The Morgan fingerprint density at radius 1 is 0.267 bits per heavy atom. The van der Waals surface area contributed by atoms with Crippen LogP contribution in [0.5, 0.6) is 23.0 Å². The van der Waals surface area contributed by atoms with Gasteiger partial charge < -0.3 is 20.4 Å². The third-order valence-electron chi connectivity index (χ3n) is 6.88. The number of hydrogen-bond acceptors (Lipinski definition) is 4. The molecule has 0 aliphatic heterocycles. The minimum absolute atomic E-state index is 0. The van der Waals surface area contributed by atoms with Crippen molar-refractivity contribution >= 4 is 0 Å². The van der Waals surface area contributed by atoms with Crippen molar-refractivity contribution in [2.24, 2.45) is 0 Å². The molecule has 0 amide bonds. The van der Waals surface area contributed by atoms with E-state index in [4.69, 9.17) is 0 Å². The number of hydrogen-bond donors (Lipinski definition) is 0. The van der Waals surface area contributed by atoms with Crippen molar-refractivity contribution in [3.63, 3.8) is 0 Å². The second-order valence-electron chi connectivity index (χ2n) is 15.1. The fraction of sp³-hybridized carbons (Fsp3) is 0.400. The fourth-order valence-electron chi connectivity index (χ4n) is 3.82. The van der Waals surface area contributed by atoms with Crippen molar-refractivity contribution in [2.75, 3.05) is 0 Å². The van der Waals surface area contributed by atoms with Crippen LogP contribution >= 0.6 is 0 Å². The number of rotatable bonds is 0. The van der Waals surface area contributed by atoms with Crippen LogP contribution in [0.2, 0.25) is 0 Å². The molecule has 45 heavy (non-hydrogen) atoms. The summed E-state index contributed by atoms with van der Waals surface area (Å²) in [6.45, 7) is 25.6. The van der Waals surface area contributed by atoms with Crippen LogP contribution in [-0.2, 0) is 43.4 Å². The molecule has 0 aliphatic rings. The van der Waals surface area contributed by atoms with Gasteiger partial charge in [0.2, 0.25) is 0 Å². The van der Waals surface area contributed by atoms with Crippen molar-refractivity contribution in [3.05, 3.63) is 119 Å². The Kier molecular flexibility index (Phi) is 16.2. The quantitative estimate of drug-likeness (QED) is 0.180. The van der Waals surface area contributed by atoms with Gasteiger partial charge in [-0.05, 0) is 43.9 Å². The van der Waals surface area contributed by atoms with Gasteiger partial charge in [0.25, 0.3) is 0 Å². The van der Waals surface area contributed by atoms with Gasteiger partial charge in [-0.2, -0.15) is 0 Å². The van der Waals surface area contributed by atoms with E-state index >= 15 is 0 Å². The molecule has 0 aliphatic carbocycles. The van der Waals surface area contributed by atoms with E-state index in [2.05, 4.69) is 83.1 Å². The standard InChI is InChI=1S/4C10H14O.Ti/c4*1-10(2,3)8-4-6-9(11)7-5-8;/h4*4-7,11H,1-3H3;/q;;;;+4/p-4. The maximum absolute atomic E-state index is 10.7.